The monoisotopic (exact) mass is 185 g/mol. The molecule has 0 amide bonds. The number of hydrogen-bond acceptors (Lipinski definition) is 1. The minimum atomic E-state index is 0.981. The van der Waals surface area contributed by atoms with E-state index in [1.807, 2.05) is 54.2 Å². The molecule has 0 radical (unpaired) electrons. The summed E-state index contributed by atoms with van der Waals surface area (Å²) in [5, 5.41) is 0. The number of likely N-dealkylation sites (N-methyl/N-ethyl adjacent to an activating group) is 2. The van der Waals surface area contributed by atoms with Gasteiger partial charge in [0.05, 0.1) is 28.2 Å². The van der Waals surface area contributed by atoms with Crippen LogP contribution in [0, 0.1) is 0 Å². The summed E-state index contributed by atoms with van der Waals surface area (Å²) in [6.45, 7) is 0. The van der Waals surface area contributed by atoms with Gasteiger partial charge in [-0.3, -0.25) is 14.5 Å². The van der Waals surface area contributed by atoms with Crippen molar-refractivity contribution in [1.82, 2.24) is 9.80 Å². The average Bonchev–Trinajstić information content (AvgIpc) is 1.97. The van der Waals surface area contributed by atoms with Gasteiger partial charge in [0.15, 0.2) is 0 Å². The number of rotatable bonds is 0. The van der Waals surface area contributed by atoms with Gasteiger partial charge < -0.3 is 4.90 Å². The van der Waals surface area contributed by atoms with Gasteiger partial charge in [-0.25, -0.2) is 0 Å². The van der Waals surface area contributed by atoms with Crippen LogP contribution in [0.2, 0.25) is 0 Å². The summed E-state index contributed by atoms with van der Waals surface area (Å²) in [7, 11) is 13.9. The maximum absolute atomic E-state index is 4.25. The van der Waals surface area contributed by atoms with Gasteiger partial charge in [-0.05, 0) is 0 Å². The molecule has 0 aromatic heterocycles. The van der Waals surface area contributed by atoms with Gasteiger partial charge in [-0.1, -0.05) is 0 Å². The van der Waals surface area contributed by atoms with Crippen LogP contribution in [0.25, 0.3) is 0 Å². The third-order valence-electron chi connectivity index (χ3n) is 1.68. The van der Waals surface area contributed by atoms with Crippen molar-refractivity contribution in [1.29, 1.82) is 0 Å². The molecule has 0 heterocycles. The number of nitrogens with zero attached hydrogens (tertiary/aromatic N) is 4. The third kappa shape index (κ3) is 3.05. The lowest BCUT2D eigenvalue weighted by molar-refractivity contribution is -0.467. The zero-order chi connectivity index (χ0) is 10.6. The van der Waals surface area contributed by atoms with Crippen molar-refractivity contribution in [2.45, 2.75) is 0 Å². The van der Waals surface area contributed by atoms with Gasteiger partial charge in [0.2, 0.25) is 5.84 Å². The number of amidine groups is 2. The molecule has 4 heteroatoms. The molecule has 0 aliphatic heterocycles. The van der Waals surface area contributed by atoms with Crippen LogP contribution < -0.4 is 0 Å². The highest BCUT2D eigenvalue weighted by Gasteiger charge is 2.20. The maximum Gasteiger partial charge on any atom is 0.314 e. The lowest BCUT2D eigenvalue weighted by Crippen LogP contribution is -2.43. The molecule has 0 unspecified atom stereocenters. The number of aliphatic imine (C=N–C) groups is 1. The fraction of sp³-hybridized carbons (Fsp3) is 0.778. The van der Waals surface area contributed by atoms with Crippen molar-refractivity contribution in [2.24, 2.45) is 4.99 Å². The SMILES string of the molecule is CN=C(C(N(C)C)=[N+](C)C)N(C)C. The van der Waals surface area contributed by atoms with Crippen LogP contribution in [-0.4, -0.2) is 75.4 Å². The van der Waals surface area contributed by atoms with Crippen LogP contribution in [0.4, 0.5) is 0 Å². The van der Waals surface area contributed by atoms with Gasteiger partial charge in [-0.2, -0.15) is 0 Å². The second-order valence-electron chi connectivity index (χ2n) is 3.55. The smallest absolute Gasteiger partial charge is 0.314 e. The van der Waals surface area contributed by atoms with Crippen LogP contribution in [-0.2, 0) is 0 Å². The summed E-state index contributed by atoms with van der Waals surface area (Å²) in [5.74, 6) is 2.09. The van der Waals surface area contributed by atoms with E-state index in [-0.39, 0.29) is 0 Å². The Labute approximate surface area is 81.2 Å². The van der Waals surface area contributed by atoms with E-state index in [1.165, 1.54) is 0 Å². The Hall–Kier alpha value is -1.06. The normalized spacial score (nSPS) is 11.2. The van der Waals surface area contributed by atoms with E-state index in [2.05, 4.69) is 14.5 Å². The summed E-state index contributed by atoms with van der Waals surface area (Å²) in [6, 6.07) is 0. The molecule has 0 aliphatic rings. The average molecular weight is 185 g/mol. The Morgan fingerprint density at radius 3 is 1.54 bits per heavy atom. The molecule has 76 valence electrons. The van der Waals surface area contributed by atoms with E-state index >= 15 is 0 Å². The Kier molecular flexibility index (Phi) is 4.45. The van der Waals surface area contributed by atoms with Crippen molar-refractivity contribution in [3.05, 3.63) is 0 Å². The van der Waals surface area contributed by atoms with E-state index < -0.39 is 0 Å². The Morgan fingerprint density at radius 2 is 1.46 bits per heavy atom. The van der Waals surface area contributed by atoms with Gasteiger partial charge in [0.25, 0.3) is 0 Å². The molecule has 0 fully saturated rings. The number of hydrogen-bond donors (Lipinski definition) is 0. The molecule has 4 nitrogen and oxygen atoms in total. The van der Waals surface area contributed by atoms with Gasteiger partial charge >= 0.3 is 5.84 Å². The van der Waals surface area contributed by atoms with Gasteiger partial charge in [0.1, 0.15) is 0 Å². The Balaban J connectivity index is 5.08. The van der Waals surface area contributed by atoms with Crippen LogP contribution >= 0.6 is 0 Å². The summed E-state index contributed by atoms with van der Waals surface area (Å²) < 4.78 is 2.06. The standard InChI is InChI=1S/C9H21N4/c1-10-8(11(2)3)9(12(4)5)13(6)7/h1-7H3/q+1. The van der Waals surface area contributed by atoms with Crippen LogP contribution in [0.15, 0.2) is 4.99 Å². The first kappa shape index (κ1) is 11.9. The molecule has 0 saturated heterocycles. The van der Waals surface area contributed by atoms with Crippen molar-refractivity contribution in [3.63, 3.8) is 0 Å². The molecule has 0 rings (SSSR count). The second-order valence-corrected chi connectivity index (χ2v) is 3.55. The summed E-state index contributed by atoms with van der Waals surface area (Å²) >= 11 is 0. The highest BCUT2D eigenvalue weighted by molar-refractivity contribution is 6.37. The zero-order valence-corrected chi connectivity index (χ0v) is 9.79. The van der Waals surface area contributed by atoms with Gasteiger partial charge in [-0.15, -0.1) is 0 Å². The predicted molar refractivity (Wildman–Crippen MR) is 57.8 cm³/mol. The van der Waals surface area contributed by atoms with Crippen molar-refractivity contribution in [3.8, 4) is 0 Å². The molecule has 0 aromatic carbocycles. The maximum atomic E-state index is 4.25. The molecular weight excluding hydrogens is 164 g/mol. The zero-order valence-electron chi connectivity index (χ0n) is 9.79. The first-order valence-corrected chi connectivity index (χ1v) is 4.27. The van der Waals surface area contributed by atoms with Crippen LogP contribution in [0.5, 0.6) is 0 Å². The Bertz CT molecular complexity index is 222. The minimum absolute atomic E-state index is 0.981. The van der Waals surface area contributed by atoms with E-state index in [0.717, 1.165) is 11.7 Å². The Morgan fingerprint density at radius 1 is 1.00 bits per heavy atom. The quantitative estimate of drug-likeness (QED) is 0.296. The lowest BCUT2D eigenvalue weighted by Gasteiger charge is -2.18. The molecule has 13 heavy (non-hydrogen) atoms. The van der Waals surface area contributed by atoms with E-state index in [4.69, 9.17) is 0 Å². The summed E-state index contributed by atoms with van der Waals surface area (Å²) in [6.07, 6.45) is 0. The fourth-order valence-electron chi connectivity index (χ4n) is 1.30. The molecule has 0 atom stereocenters. The predicted octanol–water partition coefficient (Wildman–Crippen LogP) is -0.191. The minimum Gasteiger partial charge on any atom is -0.356 e. The van der Waals surface area contributed by atoms with Crippen molar-refractivity contribution >= 4 is 11.7 Å². The first-order valence-electron chi connectivity index (χ1n) is 4.27. The molecular formula is C9H21N4+. The van der Waals surface area contributed by atoms with Crippen LogP contribution in [0.1, 0.15) is 0 Å². The van der Waals surface area contributed by atoms with E-state index in [0.29, 0.717) is 0 Å². The summed E-state index contributed by atoms with van der Waals surface area (Å²) in [4.78, 5) is 8.32. The second kappa shape index (κ2) is 4.84. The van der Waals surface area contributed by atoms with E-state index in [9.17, 15) is 0 Å². The van der Waals surface area contributed by atoms with Crippen LogP contribution in [0.3, 0.4) is 0 Å². The third-order valence-corrected chi connectivity index (χ3v) is 1.68. The van der Waals surface area contributed by atoms with Gasteiger partial charge in [0, 0.05) is 21.1 Å². The topological polar surface area (TPSA) is 21.9 Å². The molecule has 0 aromatic rings. The highest BCUT2D eigenvalue weighted by Crippen LogP contribution is 1.91. The molecule has 0 bridgehead atoms. The summed E-state index contributed by atoms with van der Waals surface area (Å²) in [5.41, 5.74) is 0. The molecule has 0 spiro atoms. The molecule has 0 aliphatic carbocycles. The van der Waals surface area contributed by atoms with Crippen molar-refractivity contribution < 1.29 is 4.58 Å². The lowest BCUT2D eigenvalue weighted by atomic mass is 10.4. The molecule has 0 saturated carbocycles. The largest absolute Gasteiger partial charge is 0.356 e. The molecule has 0 N–H and O–H groups in total. The van der Waals surface area contributed by atoms with E-state index in [1.54, 1.807) is 0 Å². The fourth-order valence-corrected chi connectivity index (χ4v) is 1.30. The first-order chi connectivity index (χ1) is 5.91. The highest BCUT2D eigenvalue weighted by atomic mass is 15.3. The van der Waals surface area contributed by atoms with Crippen molar-refractivity contribution in [2.75, 3.05) is 49.3 Å².